The lowest BCUT2D eigenvalue weighted by atomic mass is 9.63. The van der Waals surface area contributed by atoms with Crippen molar-refractivity contribution in [1.82, 2.24) is 0 Å². The summed E-state index contributed by atoms with van der Waals surface area (Å²) in [6, 6.07) is 10.6. The number of phenols is 1. The molecule has 0 aromatic heterocycles. The lowest BCUT2D eigenvalue weighted by molar-refractivity contribution is 0.0455. The average molecular weight is 454 g/mol. The van der Waals surface area contributed by atoms with E-state index in [0.717, 1.165) is 18.4 Å². The number of hydrogen-bond acceptors (Lipinski definition) is 6. The molecule has 0 radical (unpaired) electrons. The standard InChI is InChI=1S/C27H35NO5/c1-17(2)15-33-25(30)20-9-8-19(14-24(20)29)32-16-23(28-31)18-7-10-21-22(13-18)27(5,6)12-11-26(21,3)4/h7-10,13-14,17,29,31H,11-12,15-16H2,1-6H3/b28-23-. The largest absolute Gasteiger partial charge is 0.507 e. The second-order valence-corrected chi connectivity index (χ2v) is 10.5. The molecule has 6 nitrogen and oxygen atoms in total. The van der Waals surface area contributed by atoms with Crippen LogP contribution in [0, 0.1) is 5.92 Å². The fourth-order valence-electron chi connectivity index (χ4n) is 4.18. The minimum Gasteiger partial charge on any atom is -0.507 e. The van der Waals surface area contributed by atoms with Crippen molar-refractivity contribution in [3.8, 4) is 11.5 Å². The van der Waals surface area contributed by atoms with E-state index in [1.54, 1.807) is 6.07 Å². The number of esters is 1. The number of carbonyl (C=O) groups is 1. The topological polar surface area (TPSA) is 88.4 Å². The number of aromatic hydroxyl groups is 1. The van der Waals surface area contributed by atoms with Crippen molar-refractivity contribution in [3.63, 3.8) is 0 Å². The van der Waals surface area contributed by atoms with Crippen molar-refractivity contribution < 1.29 is 24.6 Å². The predicted octanol–water partition coefficient (Wildman–Crippen LogP) is 5.81. The number of oxime groups is 1. The van der Waals surface area contributed by atoms with Gasteiger partial charge in [-0.3, -0.25) is 0 Å². The third-order valence-corrected chi connectivity index (χ3v) is 6.42. The van der Waals surface area contributed by atoms with Crippen molar-refractivity contribution in [2.45, 2.75) is 65.2 Å². The zero-order valence-corrected chi connectivity index (χ0v) is 20.4. The first-order valence-corrected chi connectivity index (χ1v) is 11.4. The van der Waals surface area contributed by atoms with E-state index in [-0.39, 0.29) is 41.3 Å². The highest BCUT2D eigenvalue weighted by Gasteiger charge is 2.37. The summed E-state index contributed by atoms with van der Waals surface area (Å²) >= 11 is 0. The first-order chi connectivity index (χ1) is 15.4. The number of ether oxygens (including phenoxy) is 2. The second kappa shape index (κ2) is 9.46. The van der Waals surface area contributed by atoms with Gasteiger partial charge in [-0.25, -0.2) is 4.79 Å². The van der Waals surface area contributed by atoms with E-state index in [9.17, 15) is 15.1 Å². The first-order valence-electron chi connectivity index (χ1n) is 11.4. The van der Waals surface area contributed by atoms with Crippen molar-refractivity contribution in [2.24, 2.45) is 11.1 Å². The Balaban J connectivity index is 1.75. The molecule has 3 rings (SSSR count). The lowest BCUT2D eigenvalue weighted by Gasteiger charge is -2.42. The molecular formula is C27H35NO5. The van der Waals surface area contributed by atoms with Gasteiger partial charge in [0.05, 0.1) is 6.61 Å². The molecule has 1 aliphatic carbocycles. The van der Waals surface area contributed by atoms with Crippen molar-refractivity contribution >= 4 is 11.7 Å². The smallest absolute Gasteiger partial charge is 0.341 e. The quantitative estimate of drug-likeness (QED) is 0.239. The van der Waals surface area contributed by atoms with E-state index in [4.69, 9.17) is 9.47 Å². The van der Waals surface area contributed by atoms with Crippen molar-refractivity contribution in [1.29, 1.82) is 0 Å². The Kier molecular flexibility index (Phi) is 7.06. The summed E-state index contributed by atoms with van der Waals surface area (Å²) in [6.07, 6.45) is 2.21. The fraction of sp³-hybridized carbons (Fsp3) is 0.481. The van der Waals surface area contributed by atoms with Gasteiger partial charge in [-0.2, -0.15) is 0 Å². The predicted molar refractivity (Wildman–Crippen MR) is 129 cm³/mol. The molecule has 0 saturated heterocycles. The van der Waals surface area contributed by atoms with Crippen LogP contribution >= 0.6 is 0 Å². The maximum atomic E-state index is 12.1. The third kappa shape index (κ3) is 5.49. The molecule has 0 atom stereocenters. The molecule has 1 aliphatic rings. The molecule has 0 fully saturated rings. The molecular weight excluding hydrogens is 418 g/mol. The number of carbonyl (C=O) groups excluding carboxylic acids is 1. The number of nitrogens with zero attached hydrogens (tertiary/aromatic N) is 1. The van der Waals surface area contributed by atoms with Crippen LogP contribution in [-0.2, 0) is 15.6 Å². The molecule has 2 aromatic rings. The summed E-state index contributed by atoms with van der Waals surface area (Å²) in [5, 5.41) is 23.4. The second-order valence-electron chi connectivity index (χ2n) is 10.5. The Labute approximate surface area is 196 Å². The first kappa shape index (κ1) is 24.6. The van der Waals surface area contributed by atoms with Gasteiger partial charge in [0.15, 0.2) is 0 Å². The summed E-state index contributed by atoms with van der Waals surface area (Å²) in [6.45, 7) is 13.2. The van der Waals surface area contributed by atoms with E-state index in [1.165, 1.54) is 23.3 Å². The average Bonchev–Trinajstić information content (AvgIpc) is 2.76. The molecule has 0 bridgehead atoms. The molecule has 2 N–H and O–H groups in total. The van der Waals surface area contributed by atoms with E-state index in [2.05, 4.69) is 45.0 Å². The van der Waals surface area contributed by atoms with Crippen LogP contribution in [0.2, 0.25) is 0 Å². The van der Waals surface area contributed by atoms with Gasteiger partial charge < -0.3 is 19.8 Å². The minimum absolute atomic E-state index is 0.00961. The lowest BCUT2D eigenvalue weighted by Crippen LogP contribution is -2.34. The number of phenolic OH excluding ortho intramolecular Hbond substituents is 1. The number of hydrogen-bond donors (Lipinski definition) is 2. The summed E-state index contributed by atoms with van der Waals surface area (Å²) in [5.74, 6) is -0.241. The van der Waals surface area contributed by atoms with Gasteiger partial charge in [-0.15, -0.1) is 0 Å². The molecule has 33 heavy (non-hydrogen) atoms. The van der Waals surface area contributed by atoms with Gasteiger partial charge in [-0.05, 0) is 58.9 Å². The van der Waals surface area contributed by atoms with Gasteiger partial charge in [-0.1, -0.05) is 58.8 Å². The molecule has 2 aromatic carbocycles. The van der Waals surface area contributed by atoms with E-state index in [1.807, 2.05) is 19.9 Å². The van der Waals surface area contributed by atoms with Crippen LogP contribution in [-0.4, -0.2) is 35.2 Å². The number of fused-ring (bicyclic) bond motifs is 1. The van der Waals surface area contributed by atoms with Crippen molar-refractivity contribution in [3.05, 3.63) is 58.7 Å². The van der Waals surface area contributed by atoms with E-state index < -0.39 is 5.97 Å². The number of benzene rings is 2. The van der Waals surface area contributed by atoms with Gasteiger partial charge in [0.25, 0.3) is 0 Å². The van der Waals surface area contributed by atoms with Crippen molar-refractivity contribution in [2.75, 3.05) is 13.2 Å². The van der Waals surface area contributed by atoms with Gasteiger partial charge in [0.1, 0.15) is 29.4 Å². The summed E-state index contributed by atoms with van der Waals surface area (Å²) in [7, 11) is 0. The minimum atomic E-state index is -0.579. The van der Waals surface area contributed by atoms with Crippen LogP contribution in [0.25, 0.3) is 0 Å². The van der Waals surface area contributed by atoms with Crippen LogP contribution in [0.5, 0.6) is 11.5 Å². The van der Waals surface area contributed by atoms with Gasteiger partial charge >= 0.3 is 5.97 Å². The normalized spacial score (nSPS) is 16.9. The molecule has 6 heteroatoms. The highest BCUT2D eigenvalue weighted by Crippen LogP contribution is 2.46. The molecule has 0 spiro atoms. The molecule has 0 saturated carbocycles. The van der Waals surface area contributed by atoms with Gasteiger partial charge in [0, 0.05) is 11.6 Å². The number of rotatable bonds is 7. The Hall–Kier alpha value is -3.02. The van der Waals surface area contributed by atoms with Gasteiger partial charge in [0.2, 0.25) is 0 Å². The zero-order chi connectivity index (χ0) is 24.4. The maximum Gasteiger partial charge on any atom is 0.341 e. The Morgan fingerprint density at radius 3 is 2.30 bits per heavy atom. The van der Waals surface area contributed by atoms with Crippen LogP contribution in [0.3, 0.4) is 0 Å². The van der Waals surface area contributed by atoms with Crippen LogP contribution in [0.4, 0.5) is 0 Å². The van der Waals surface area contributed by atoms with E-state index >= 15 is 0 Å². The van der Waals surface area contributed by atoms with Crippen LogP contribution < -0.4 is 4.74 Å². The molecule has 178 valence electrons. The molecule has 0 unspecified atom stereocenters. The monoisotopic (exact) mass is 453 g/mol. The SMILES string of the molecule is CC(C)COC(=O)c1ccc(OC/C(=N/O)c2ccc3c(c2)C(C)(C)CCC3(C)C)cc1O. The summed E-state index contributed by atoms with van der Waals surface area (Å²) in [4.78, 5) is 12.1. The fourth-order valence-corrected chi connectivity index (χ4v) is 4.18. The van der Waals surface area contributed by atoms with E-state index in [0.29, 0.717) is 11.5 Å². The van der Waals surface area contributed by atoms with Crippen LogP contribution in [0.1, 0.15) is 81.4 Å². The third-order valence-electron chi connectivity index (χ3n) is 6.42. The zero-order valence-electron chi connectivity index (χ0n) is 20.4. The maximum absolute atomic E-state index is 12.1. The Morgan fingerprint density at radius 2 is 1.70 bits per heavy atom. The highest BCUT2D eigenvalue weighted by molar-refractivity contribution is 6.01. The summed E-state index contributed by atoms with van der Waals surface area (Å²) < 4.78 is 10.9. The molecule has 0 heterocycles. The Bertz CT molecular complexity index is 1050. The highest BCUT2D eigenvalue weighted by atomic mass is 16.5. The molecule has 0 aliphatic heterocycles. The Morgan fingerprint density at radius 1 is 1.03 bits per heavy atom. The molecule has 0 amide bonds. The summed E-state index contributed by atoms with van der Waals surface area (Å²) in [5.41, 5.74) is 3.99. The van der Waals surface area contributed by atoms with Crippen LogP contribution in [0.15, 0.2) is 41.6 Å².